The number of para-hydroxylation sites is 1. The molecule has 0 unspecified atom stereocenters. The van der Waals surface area contributed by atoms with Crippen molar-refractivity contribution in [3.63, 3.8) is 0 Å². The number of hydrogen-bond acceptors (Lipinski definition) is 7. The minimum atomic E-state index is -1.26. The zero-order valence-electron chi connectivity index (χ0n) is 19.3. The summed E-state index contributed by atoms with van der Waals surface area (Å²) in [6.45, 7) is 2.64. The summed E-state index contributed by atoms with van der Waals surface area (Å²) in [6.07, 6.45) is 2.26. The van der Waals surface area contributed by atoms with Gasteiger partial charge in [-0.25, -0.2) is 4.90 Å². The number of ether oxygens (including phenoxy) is 1. The predicted molar refractivity (Wildman–Crippen MR) is 125 cm³/mol. The summed E-state index contributed by atoms with van der Waals surface area (Å²) >= 11 is 0. The number of benzene rings is 2. The van der Waals surface area contributed by atoms with Crippen molar-refractivity contribution < 1.29 is 24.0 Å². The molecule has 0 aliphatic carbocycles. The van der Waals surface area contributed by atoms with Crippen molar-refractivity contribution in [2.45, 2.75) is 37.8 Å². The smallest absolute Gasteiger partial charge is 0.273 e. The molecule has 4 aliphatic rings. The molecular formula is C25H24N4O6. The first-order chi connectivity index (χ1) is 16.9. The summed E-state index contributed by atoms with van der Waals surface area (Å²) in [6, 6.07) is 9.31. The Labute approximate surface area is 201 Å². The average molecular weight is 476 g/mol. The monoisotopic (exact) mass is 476 g/mol. The lowest BCUT2D eigenvalue weighted by Crippen LogP contribution is -2.54. The summed E-state index contributed by atoms with van der Waals surface area (Å²) in [5.41, 5.74) is 1.15. The first-order valence-corrected chi connectivity index (χ1v) is 11.8. The highest BCUT2D eigenvalue weighted by Crippen LogP contribution is 2.61. The maximum atomic E-state index is 14.1. The van der Waals surface area contributed by atoms with E-state index in [1.54, 1.807) is 0 Å². The average Bonchev–Trinajstić information content (AvgIpc) is 3.56. The van der Waals surface area contributed by atoms with E-state index in [1.807, 2.05) is 25.1 Å². The molecule has 2 aromatic carbocycles. The maximum absolute atomic E-state index is 14.1. The van der Waals surface area contributed by atoms with Gasteiger partial charge in [0.15, 0.2) is 0 Å². The highest BCUT2D eigenvalue weighted by molar-refractivity contribution is 6.26. The van der Waals surface area contributed by atoms with E-state index in [-0.39, 0.29) is 29.1 Å². The lowest BCUT2D eigenvalue weighted by molar-refractivity contribution is -0.384. The summed E-state index contributed by atoms with van der Waals surface area (Å²) in [5, 5.41) is 14.3. The van der Waals surface area contributed by atoms with Gasteiger partial charge in [-0.05, 0) is 37.4 Å². The molecule has 0 saturated carbocycles. The quantitative estimate of drug-likeness (QED) is 0.409. The number of anilines is 2. The Morgan fingerprint density at radius 2 is 2.00 bits per heavy atom. The zero-order valence-corrected chi connectivity index (χ0v) is 19.3. The molecule has 35 heavy (non-hydrogen) atoms. The predicted octanol–water partition coefficient (Wildman–Crippen LogP) is 2.60. The molecule has 4 atom stereocenters. The summed E-state index contributed by atoms with van der Waals surface area (Å²) in [4.78, 5) is 55.6. The normalized spacial score (nSPS) is 28.9. The molecule has 1 spiro atoms. The van der Waals surface area contributed by atoms with Gasteiger partial charge in [0.05, 0.1) is 35.6 Å². The second-order valence-electron chi connectivity index (χ2n) is 9.45. The number of non-ortho nitro benzene ring substituents is 1. The molecule has 3 amide bonds. The number of hydrogen-bond donors (Lipinski definition) is 1. The van der Waals surface area contributed by atoms with E-state index in [4.69, 9.17) is 4.74 Å². The minimum Gasteiger partial charge on any atom is -0.494 e. The van der Waals surface area contributed by atoms with E-state index in [9.17, 15) is 24.5 Å². The van der Waals surface area contributed by atoms with Crippen LogP contribution in [0.4, 0.5) is 17.1 Å². The number of rotatable bonds is 4. The Morgan fingerprint density at radius 1 is 1.20 bits per heavy atom. The van der Waals surface area contributed by atoms with Crippen LogP contribution in [0.3, 0.4) is 0 Å². The van der Waals surface area contributed by atoms with E-state index in [0.717, 1.165) is 34.6 Å². The zero-order chi connectivity index (χ0) is 24.6. The Morgan fingerprint density at radius 3 is 2.71 bits per heavy atom. The maximum Gasteiger partial charge on any atom is 0.273 e. The Hall–Kier alpha value is -3.79. The number of fused-ring (bicyclic) bond motifs is 7. The number of carbonyl (C=O) groups excluding carboxylic acids is 3. The lowest BCUT2D eigenvalue weighted by atomic mass is 9.75. The number of nitrogens with one attached hydrogen (secondary N) is 1. The molecule has 4 aliphatic heterocycles. The molecule has 0 bridgehead atoms. The fourth-order valence-electron chi connectivity index (χ4n) is 6.79. The molecule has 4 heterocycles. The Bertz CT molecular complexity index is 1330. The fourth-order valence-corrected chi connectivity index (χ4v) is 6.79. The Balaban J connectivity index is 1.53. The SMILES string of the molecule is CCc1cccc2c1NC(=O)[C@@]21[C@@H]2C(=O)N(c3ccc([N+](=O)[O-])cc3OC)C(=O)[C@@H]2[C@H]2CCCN21. The van der Waals surface area contributed by atoms with Gasteiger partial charge >= 0.3 is 0 Å². The van der Waals surface area contributed by atoms with E-state index in [2.05, 4.69) is 10.2 Å². The summed E-state index contributed by atoms with van der Waals surface area (Å²) in [7, 11) is 1.33. The van der Waals surface area contributed by atoms with Crippen LogP contribution in [0.1, 0.15) is 30.9 Å². The van der Waals surface area contributed by atoms with Crippen molar-refractivity contribution in [3.05, 3.63) is 57.6 Å². The third-order valence-corrected chi connectivity index (χ3v) is 8.11. The van der Waals surface area contributed by atoms with Gasteiger partial charge in [-0.3, -0.25) is 29.4 Å². The highest BCUT2D eigenvalue weighted by Gasteiger charge is 2.74. The molecule has 3 saturated heterocycles. The molecule has 0 radical (unpaired) electrons. The first-order valence-electron chi connectivity index (χ1n) is 11.8. The van der Waals surface area contributed by atoms with E-state index in [0.29, 0.717) is 13.0 Å². The number of amides is 3. The largest absolute Gasteiger partial charge is 0.494 e. The molecule has 180 valence electrons. The molecule has 10 nitrogen and oxygen atoms in total. The summed E-state index contributed by atoms with van der Waals surface area (Å²) < 4.78 is 5.34. The second-order valence-corrected chi connectivity index (χ2v) is 9.45. The van der Waals surface area contributed by atoms with Crippen LogP contribution in [0.2, 0.25) is 0 Å². The molecule has 0 aromatic heterocycles. The van der Waals surface area contributed by atoms with Crippen LogP contribution in [-0.4, -0.2) is 47.2 Å². The van der Waals surface area contributed by atoms with Crippen molar-refractivity contribution >= 4 is 34.8 Å². The fraction of sp³-hybridized carbons (Fsp3) is 0.400. The van der Waals surface area contributed by atoms with Crippen molar-refractivity contribution in [2.24, 2.45) is 11.8 Å². The third-order valence-electron chi connectivity index (χ3n) is 8.11. The number of nitrogens with zero attached hydrogens (tertiary/aromatic N) is 3. The van der Waals surface area contributed by atoms with Crippen LogP contribution < -0.4 is 15.0 Å². The van der Waals surface area contributed by atoms with Gasteiger partial charge in [-0.15, -0.1) is 0 Å². The minimum absolute atomic E-state index is 0.0581. The van der Waals surface area contributed by atoms with Crippen molar-refractivity contribution in [2.75, 3.05) is 23.9 Å². The summed E-state index contributed by atoms with van der Waals surface area (Å²) in [5.74, 6) is -2.67. The van der Waals surface area contributed by atoms with Gasteiger partial charge in [-0.2, -0.15) is 0 Å². The van der Waals surface area contributed by atoms with Gasteiger partial charge in [0.2, 0.25) is 17.7 Å². The van der Waals surface area contributed by atoms with Crippen LogP contribution >= 0.6 is 0 Å². The van der Waals surface area contributed by atoms with Crippen molar-refractivity contribution in [1.82, 2.24) is 4.90 Å². The van der Waals surface area contributed by atoms with Crippen LogP contribution in [0.5, 0.6) is 5.75 Å². The van der Waals surface area contributed by atoms with Crippen LogP contribution in [0.25, 0.3) is 0 Å². The first kappa shape index (κ1) is 21.7. The van der Waals surface area contributed by atoms with Gasteiger partial charge in [0, 0.05) is 23.4 Å². The number of carbonyl (C=O) groups is 3. The lowest BCUT2D eigenvalue weighted by Gasteiger charge is -2.36. The molecule has 3 fully saturated rings. The molecule has 2 aromatic rings. The van der Waals surface area contributed by atoms with E-state index < -0.39 is 34.1 Å². The molecule has 10 heteroatoms. The standard InChI is InChI=1S/C25H24N4O6/c1-3-13-6-4-7-15-21(13)26-24(32)25(15)20-19(17-8-5-11-27(17)25)22(30)28(23(20)31)16-10-9-14(29(33)34)12-18(16)35-2/h4,6-7,9-10,12,17,19-20H,3,5,8,11H2,1-2H3,(H,26,32)/t17-,19-,20+,25+/m1/s1. The third kappa shape index (κ3) is 2.54. The number of imide groups is 1. The highest BCUT2D eigenvalue weighted by atomic mass is 16.6. The van der Waals surface area contributed by atoms with E-state index in [1.165, 1.54) is 25.3 Å². The van der Waals surface area contributed by atoms with E-state index >= 15 is 0 Å². The molecule has 1 N–H and O–H groups in total. The van der Waals surface area contributed by atoms with Crippen LogP contribution in [-0.2, 0) is 26.3 Å². The van der Waals surface area contributed by atoms with Gasteiger partial charge in [-0.1, -0.05) is 25.1 Å². The molecular weight excluding hydrogens is 452 g/mol. The van der Waals surface area contributed by atoms with Gasteiger partial charge in [0.25, 0.3) is 5.69 Å². The van der Waals surface area contributed by atoms with Crippen molar-refractivity contribution in [1.29, 1.82) is 0 Å². The van der Waals surface area contributed by atoms with Crippen molar-refractivity contribution in [3.8, 4) is 5.75 Å². The number of methoxy groups -OCH3 is 1. The topological polar surface area (TPSA) is 122 Å². The molecule has 6 rings (SSSR count). The van der Waals surface area contributed by atoms with Crippen LogP contribution in [0, 0.1) is 22.0 Å². The second kappa shape index (κ2) is 7.35. The number of nitro benzene ring substituents is 1. The van der Waals surface area contributed by atoms with Gasteiger partial charge in [0.1, 0.15) is 11.3 Å². The van der Waals surface area contributed by atoms with Gasteiger partial charge < -0.3 is 10.1 Å². The Kier molecular flexibility index (Phi) is 4.56. The van der Waals surface area contributed by atoms with Crippen LogP contribution in [0.15, 0.2) is 36.4 Å². The number of nitro groups is 1. The number of aryl methyl sites for hydroxylation is 1.